The normalized spacial score (nSPS) is 16.2. The molecule has 32 heavy (non-hydrogen) atoms. The van der Waals surface area contributed by atoms with E-state index in [-0.39, 0.29) is 12.0 Å². The minimum absolute atomic E-state index is 0.159. The maximum Gasteiger partial charge on any atom is 0.271 e. The van der Waals surface area contributed by atoms with Crippen molar-refractivity contribution in [2.75, 3.05) is 26.7 Å². The first-order valence-corrected chi connectivity index (χ1v) is 11.4. The first-order chi connectivity index (χ1) is 15.7. The van der Waals surface area contributed by atoms with Gasteiger partial charge in [0.15, 0.2) is 4.96 Å². The van der Waals surface area contributed by atoms with Crippen molar-refractivity contribution in [2.45, 2.75) is 12.6 Å². The number of para-hydroxylation sites is 2. The molecule has 2 aromatic heterocycles. The van der Waals surface area contributed by atoms with Crippen LogP contribution in [0.15, 0.2) is 66.3 Å². The van der Waals surface area contributed by atoms with Crippen molar-refractivity contribution in [3.05, 3.63) is 83.1 Å². The van der Waals surface area contributed by atoms with Crippen molar-refractivity contribution in [1.82, 2.24) is 19.6 Å². The Bertz CT molecular complexity index is 1210. The van der Waals surface area contributed by atoms with Gasteiger partial charge in [-0.15, -0.1) is 11.3 Å². The predicted octanol–water partition coefficient (Wildman–Crippen LogP) is 3.77. The summed E-state index contributed by atoms with van der Waals surface area (Å²) in [6.45, 7) is 2.64. The second kappa shape index (κ2) is 9.02. The Hall–Kier alpha value is -3.36. The fourth-order valence-electron chi connectivity index (χ4n) is 4.00. The Morgan fingerprint density at radius 3 is 2.97 bits per heavy atom. The third-order valence-electron chi connectivity index (χ3n) is 5.59. The summed E-state index contributed by atoms with van der Waals surface area (Å²) in [6.07, 6.45) is 3.48. The third kappa shape index (κ3) is 4.19. The molecule has 1 atom stereocenters. The highest BCUT2D eigenvalue weighted by Gasteiger charge is 2.26. The Morgan fingerprint density at radius 1 is 1.25 bits per heavy atom. The molecule has 4 aromatic rings. The molecule has 5 rings (SSSR count). The van der Waals surface area contributed by atoms with Crippen LogP contribution in [0, 0.1) is 0 Å². The van der Waals surface area contributed by atoms with Gasteiger partial charge < -0.3 is 14.8 Å². The number of imidazole rings is 1. The van der Waals surface area contributed by atoms with Gasteiger partial charge >= 0.3 is 0 Å². The van der Waals surface area contributed by atoms with E-state index in [1.165, 1.54) is 11.3 Å². The van der Waals surface area contributed by atoms with Crippen LogP contribution in [0.5, 0.6) is 11.5 Å². The molecular formula is C24H24N4O3S. The summed E-state index contributed by atoms with van der Waals surface area (Å²) in [7, 11) is 1.68. The zero-order valence-electron chi connectivity index (χ0n) is 17.7. The van der Waals surface area contributed by atoms with Crippen molar-refractivity contribution in [3.8, 4) is 11.5 Å². The fourth-order valence-corrected chi connectivity index (χ4v) is 4.70. The van der Waals surface area contributed by atoms with Crippen LogP contribution in [-0.4, -0.2) is 46.9 Å². The molecule has 1 amide bonds. The van der Waals surface area contributed by atoms with Crippen molar-refractivity contribution in [3.63, 3.8) is 0 Å². The average Bonchev–Trinajstić information content (AvgIpc) is 3.37. The lowest BCUT2D eigenvalue weighted by Crippen LogP contribution is -2.36. The molecule has 0 unspecified atom stereocenters. The number of hydrogen-bond donors (Lipinski definition) is 1. The summed E-state index contributed by atoms with van der Waals surface area (Å²) in [4.78, 5) is 20.0. The highest BCUT2D eigenvalue weighted by atomic mass is 32.1. The van der Waals surface area contributed by atoms with Gasteiger partial charge in [0.2, 0.25) is 0 Å². The van der Waals surface area contributed by atoms with Gasteiger partial charge in [-0.05, 0) is 12.1 Å². The SMILES string of the molecule is COc1ccccc1[C@H]1CN(CCNC(=O)c2cn3ccsc3n2)Cc2ccccc2O1. The largest absolute Gasteiger partial charge is 0.496 e. The number of carbonyl (C=O) groups excluding carboxylic acids is 1. The summed E-state index contributed by atoms with van der Waals surface area (Å²) >= 11 is 1.51. The molecule has 7 nitrogen and oxygen atoms in total. The number of aromatic nitrogens is 2. The maximum absolute atomic E-state index is 12.5. The van der Waals surface area contributed by atoms with Crippen molar-refractivity contribution >= 4 is 22.2 Å². The molecule has 0 fully saturated rings. The van der Waals surface area contributed by atoms with Crippen LogP contribution in [0.1, 0.15) is 27.7 Å². The van der Waals surface area contributed by atoms with E-state index in [0.717, 1.165) is 34.1 Å². The van der Waals surface area contributed by atoms with Gasteiger partial charge in [0.1, 0.15) is 23.3 Å². The van der Waals surface area contributed by atoms with E-state index < -0.39 is 0 Å². The molecule has 1 aliphatic rings. The zero-order valence-corrected chi connectivity index (χ0v) is 18.5. The van der Waals surface area contributed by atoms with E-state index >= 15 is 0 Å². The topological polar surface area (TPSA) is 68.1 Å². The van der Waals surface area contributed by atoms with Gasteiger partial charge in [-0.25, -0.2) is 4.98 Å². The lowest BCUT2D eigenvalue weighted by atomic mass is 10.1. The number of fused-ring (bicyclic) bond motifs is 2. The number of thiazole rings is 1. The van der Waals surface area contributed by atoms with Crippen LogP contribution in [0.4, 0.5) is 0 Å². The monoisotopic (exact) mass is 448 g/mol. The second-order valence-electron chi connectivity index (χ2n) is 7.67. The number of rotatable bonds is 6. The molecule has 1 N–H and O–H groups in total. The molecule has 0 bridgehead atoms. The van der Waals surface area contributed by atoms with E-state index in [9.17, 15) is 4.79 Å². The first kappa shape index (κ1) is 20.5. The highest BCUT2D eigenvalue weighted by Crippen LogP contribution is 2.34. The van der Waals surface area contributed by atoms with Gasteiger partial charge in [-0.3, -0.25) is 14.1 Å². The zero-order chi connectivity index (χ0) is 21.9. The smallest absolute Gasteiger partial charge is 0.271 e. The van der Waals surface area contributed by atoms with E-state index in [1.807, 2.05) is 58.4 Å². The van der Waals surface area contributed by atoms with Crippen molar-refractivity contribution < 1.29 is 14.3 Å². The number of nitrogens with one attached hydrogen (secondary N) is 1. The minimum atomic E-state index is -0.176. The fraction of sp³-hybridized carbons (Fsp3) is 0.250. The maximum atomic E-state index is 12.5. The van der Waals surface area contributed by atoms with Crippen LogP contribution in [-0.2, 0) is 6.54 Å². The summed E-state index contributed by atoms with van der Waals surface area (Å²) in [5, 5.41) is 4.95. The highest BCUT2D eigenvalue weighted by molar-refractivity contribution is 7.15. The van der Waals surface area contributed by atoms with Crippen LogP contribution in [0.3, 0.4) is 0 Å². The number of benzene rings is 2. The lowest BCUT2D eigenvalue weighted by molar-refractivity contribution is 0.0938. The van der Waals surface area contributed by atoms with Gasteiger partial charge in [-0.1, -0.05) is 36.4 Å². The third-order valence-corrected chi connectivity index (χ3v) is 6.36. The van der Waals surface area contributed by atoms with Crippen LogP contribution < -0.4 is 14.8 Å². The molecule has 164 valence electrons. The average molecular weight is 449 g/mol. The molecule has 0 saturated heterocycles. The molecule has 0 saturated carbocycles. The molecular weight excluding hydrogens is 424 g/mol. The van der Waals surface area contributed by atoms with Gasteiger partial charge in [-0.2, -0.15) is 0 Å². The first-order valence-electron chi connectivity index (χ1n) is 10.5. The summed E-state index contributed by atoms with van der Waals surface area (Å²) in [5.41, 5.74) is 2.58. The molecule has 1 aliphatic heterocycles. The molecule has 0 radical (unpaired) electrons. The molecule has 0 aliphatic carbocycles. The van der Waals surface area contributed by atoms with E-state index in [1.54, 1.807) is 13.3 Å². The summed E-state index contributed by atoms with van der Waals surface area (Å²) in [5.74, 6) is 1.53. The Labute approximate surface area is 190 Å². The Morgan fingerprint density at radius 2 is 2.09 bits per heavy atom. The number of amides is 1. The second-order valence-corrected chi connectivity index (χ2v) is 8.54. The van der Waals surface area contributed by atoms with Crippen LogP contribution in [0.25, 0.3) is 4.96 Å². The quantitative estimate of drug-likeness (QED) is 0.486. The molecule has 3 heterocycles. The summed E-state index contributed by atoms with van der Waals surface area (Å²) in [6, 6.07) is 16.1. The van der Waals surface area contributed by atoms with Crippen LogP contribution in [0.2, 0.25) is 0 Å². The number of hydrogen-bond acceptors (Lipinski definition) is 6. The summed E-state index contributed by atoms with van der Waals surface area (Å²) < 4.78 is 13.9. The number of methoxy groups -OCH3 is 1. The lowest BCUT2D eigenvalue weighted by Gasteiger charge is -2.25. The number of carbonyl (C=O) groups is 1. The van der Waals surface area contributed by atoms with Gasteiger partial charge in [0.05, 0.1) is 7.11 Å². The van der Waals surface area contributed by atoms with Crippen molar-refractivity contribution in [1.29, 1.82) is 0 Å². The Balaban J connectivity index is 1.30. The van der Waals surface area contributed by atoms with Crippen molar-refractivity contribution in [2.24, 2.45) is 0 Å². The number of nitrogens with zero attached hydrogens (tertiary/aromatic N) is 3. The van der Waals surface area contributed by atoms with E-state index in [4.69, 9.17) is 9.47 Å². The van der Waals surface area contributed by atoms with E-state index in [0.29, 0.717) is 25.3 Å². The van der Waals surface area contributed by atoms with E-state index in [2.05, 4.69) is 21.3 Å². The van der Waals surface area contributed by atoms with Gasteiger partial charge in [0.25, 0.3) is 5.91 Å². The molecule has 0 spiro atoms. The minimum Gasteiger partial charge on any atom is -0.496 e. The number of ether oxygens (including phenoxy) is 2. The van der Waals surface area contributed by atoms with Gasteiger partial charge in [0, 0.05) is 55.1 Å². The molecule has 8 heteroatoms. The molecule has 2 aromatic carbocycles. The standard InChI is InChI=1S/C24H24N4O3S/c1-30-21-9-5-3-7-18(21)22-16-27(14-17-6-2-4-8-20(17)31-22)11-10-25-23(29)19-15-28-12-13-32-24(28)26-19/h2-9,12-13,15,22H,10-11,14,16H2,1H3,(H,25,29)/t22-/m1/s1. The van der Waals surface area contributed by atoms with Crippen LogP contribution >= 0.6 is 11.3 Å². The predicted molar refractivity (Wildman–Crippen MR) is 123 cm³/mol. The Kier molecular flexibility index (Phi) is 5.79.